The van der Waals surface area contributed by atoms with Crippen molar-refractivity contribution in [3.05, 3.63) is 53.0 Å². The molecule has 5 heteroatoms. The number of rotatable bonds is 5. The van der Waals surface area contributed by atoms with Gasteiger partial charge in [0.1, 0.15) is 12.4 Å². The average Bonchev–Trinajstić information content (AvgIpc) is 2.39. The topological polar surface area (TPSA) is 52.3 Å². The summed E-state index contributed by atoms with van der Waals surface area (Å²) in [5, 5.41) is 0. The minimum atomic E-state index is -1.15. The third kappa shape index (κ3) is 4.08. The lowest BCUT2D eigenvalue weighted by Gasteiger charge is -2.08. The van der Waals surface area contributed by atoms with Crippen LogP contribution in [0.2, 0.25) is 0 Å². The highest BCUT2D eigenvalue weighted by atomic mass is 79.9. The van der Waals surface area contributed by atoms with Crippen LogP contribution in [-0.2, 0) is 10.8 Å². The molecule has 0 spiro atoms. The van der Waals surface area contributed by atoms with Crippen molar-refractivity contribution in [3.8, 4) is 5.75 Å². The zero-order chi connectivity index (χ0) is 13.7. The van der Waals surface area contributed by atoms with Crippen LogP contribution in [0.15, 0.2) is 57.9 Å². The standard InChI is InChI=1S/C14H14BrNO2S/c15-11-6-7-14(13(16)10-11)19(17)9-8-18-12-4-2-1-3-5-12/h1-7,10H,8-9,16H2. The number of halogens is 1. The number of nitrogen functional groups attached to an aromatic ring is 1. The van der Waals surface area contributed by atoms with Crippen molar-refractivity contribution < 1.29 is 8.95 Å². The zero-order valence-electron chi connectivity index (χ0n) is 10.2. The van der Waals surface area contributed by atoms with Gasteiger partial charge in [0.15, 0.2) is 0 Å². The largest absolute Gasteiger partial charge is 0.493 e. The Hall–Kier alpha value is -1.33. The van der Waals surface area contributed by atoms with Crippen LogP contribution in [0.1, 0.15) is 0 Å². The molecule has 0 aromatic heterocycles. The van der Waals surface area contributed by atoms with Gasteiger partial charge in [0.05, 0.1) is 21.4 Å². The molecule has 0 aliphatic heterocycles. The molecule has 0 fully saturated rings. The van der Waals surface area contributed by atoms with Gasteiger partial charge in [0, 0.05) is 10.2 Å². The van der Waals surface area contributed by atoms with Gasteiger partial charge in [0.2, 0.25) is 0 Å². The molecule has 100 valence electrons. The Bertz CT molecular complexity index is 575. The highest BCUT2D eigenvalue weighted by Gasteiger charge is 2.08. The van der Waals surface area contributed by atoms with Crippen LogP contribution < -0.4 is 10.5 Å². The van der Waals surface area contributed by atoms with E-state index in [0.717, 1.165) is 10.2 Å². The monoisotopic (exact) mass is 339 g/mol. The van der Waals surface area contributed by atoms with E-state index in [2.05, 4.69) is 15.9 Å². The van der Waals surface area contributed by atoms with Crippen molar-refractivity contribution in [1.29, 1.82) is 0 Å². The van der Waals surface area contributed by atoms with Gasteiger partial charge >= 0.3 is 0 Å². The predicted molar refractivity (Wildman–Crippen MR) is 81.8 cm³/mol. The van der Waals surface area contributed by atoms with Gasteiger partial charge in [-0.3, -0.25) is 4.21 Å². The fourth-order valence-electron chi connectivity index (χ4n) is 1.59. The maximum absolute atomic E-state index is 12.1. The first-order chi connectivity index (χ1) is 9.16. The summed E-state index contributed by atoms with van der Waals surface area (Å²) in [5.74, 6) is 1.20. The number of benzene rings is 2. The molecule has 0 saturated heterocycles. The maximum Gasteiger partial charge on any atom is 0.119 e. The van der Waals surface area contributed by atoms with Crippen LogP contribution in [0.5, 0.6) is 5.75 Å². The SMILES string of the molecule is Nc1cc(Br)ccc1S(=O)CCOc1ccccc1. The molecule has 2 N–H and O–H groups in total. The summed E-state index contributed by atoms with van der Waals surface area (Å²) in [6.07, 6.45) is 0. The lowest BCUT2D eigenvalue weighted by Crippen LogP contribution is -2.10. The molecule has 1 atom stereocenters. The first kappa shape index (κ1) is 14.1. The highest BCUT2D eigenvalue weighted by Crippen LogP contribution is 2.21. The van der Waals surface area contributed by atoms with Crippen molar-refractivity contribution in [2.75, 3.05) is 18.1 Å². The fourth-order valence-corrected chi connectivity index (χ4v) is 2.96. The average molecular weight is 340 g/mol. The van der Waals surface area contributed by atoms with E-state index in [9.17, 15) is 4.21 Å². The van der Waals surface area contributed by atoms with E-state index in [1.807, 2.05) is 36.4 Å². The van der Waals surface area contributed by atoms with Crippen LogP contribution in [0.25, 0.3) is 0 Å². The number of nitrogens with two attached hydrogens (primary N) is 1. The summed E-state index contributed by atoms with van der Waals surface area (Å²) in [7, 11) is -1.15. The molecule has 2 rings (SSSR count). The molecule has 0 saturated carbocycles. The number of hydrogen-bond donors (Lipinski definition) is 1. The first-order valence-corrected chi connectivity index (χ1v) is 7.89. The van der Waals surface area contributed by atoms with E-state index in [4.69, 9.17) is 10.5 Å². The molecular weight excluding hydrogens is 326 g/mol. The molecule has 19 heavy (non-hydrogen) atoms. The summed E-state index contributed by atoms with van der Waals surface area (Å²) in [4.78, 5) is 0.653. The third-order valence-electron chi connectivity index (χ3n) is 2.50. The molecule has 2 aromatic rings. The normalized spacial score (nSPS) is 12.1. The van der Waals surface area contributed by atoms with Crippen molar-refractivity contribution >= 4 is 32.4 Å². The zero-order valence-corrected chi connectivity index (χ0v) is 12.6. The first-order valence-electron chi connectivity index (χ1n) is 5.78. The van der Waals surface area contributed by atoms with Crippen LogP contribution in [-0.4, -0.2) is 16.6 Å². The van der Waals surface area contributed by atoms with Crippen molar-refractivity contribution in [1.82, 2.24) is 0 Å². The van der Waals surface area contributed by atoms with Crippen LogP contribution in [0, 0.1) is 0 Å². The van der Waals surface area contributed by atoms with Gasteiger partial charge in [-0.25, -0.2) is 0 Å². The molecule has 0 heterocycles. The fraction of sp³-hybridized carbons (Fsp3) is 0.143. The van der Waals surface area contributed by atoms with E-state index in [1.165, 1.54) is 0 Å². The lowest BCUT2D eigenvalue weighted by atomic mass is 10.3. The van der Waals surface area contributed by atoms with Crippen molar-refractivity contribution in [2.45, 2.75) is 4.90 Å². The Morgan fingerprint density at radius 1 is 1.16 bits per heavy atom. The van der Waals surface area contributed by atoms with Gasteiger partial charge in [-0.2, -0.15) is 0 Å². The van der Waals surface area contributed by atoms with Crippen LogP contribution >= 0.6 is 15.9 Å². The van der Waals surface area contributed by atoms with E-state index < -0.39 is 10.8 Å². The Kier molecular flexibility index (Phi) is 4.99. The summed E-state index contributed by atoms with van der Waals surface area (Å²) < 4.78 is 18.5. The van der Waals surface area contributed by atoms with Gasteiger partial charge in [0.25, 0.3) is 0 Å². The van der Waals surface area contributed by atoms with Crippen molar-refractivity contribution in [3.63, 3.8) is 0 Å². The molecule has 0 amide bonds. The lowest BCUT2D eigenvalue weighted by molar-refractivity contribution is 0.342. The number of hydrogen-bond acceptors (Lipinski definition) is 3. The molecule has 0 bridgehead atoms. The molecule has 3 nitrogen and oxygen atoms in total. The van der Waals surface area contributed by atoms with Crippen LogP contribution in [0.4, 0.5) is 5.69 Å². The van der Waals surface area contributed by atoms with E-state index in [0.29, 0.717) is 22.9 Å². The molecular formula is C14H14BrNO2S. The second-order valence-electron chi connectivity index (χ2n) is 3.89. The van der Waals surface area contributed by atoms with Gasteiger partial charge in [-0.05, 0) is 30.3 Å². The third-order valence-corrected chi connectivity index (χ3v) is 4.39. The summed E-state index contributed by atoms with van der Waals surface area (Å²) in [5.41, 5.74) is 6.38. The summed E-state index contributed by atoms with van der Waals surface area (Å²) in [6, 6.07) is 14.8. The molecule has 0 aliphatic rings. The number of para-hydroxylation sites is 1. The molecule has 2 aromatic carbocycles. The molecule has 0 radical (unpaired) electrons. The van der Waals surface area contributed by atoms with Gasteiger partial charge in [-0.15, -0.1) is 0 Å². The van der Waals surface area contributed by atoms with Gasteiger partial charge in [-0.1, -0.05) is 34.1 Å². The predicted octanol–water partition coefficient (Wildman–Crippen LogP) is 3.22. The van der Waals surface area contributed by atoms with Crippen LogP contribution in [0.3, 0.4) is 0 Å². The Balaban J connectivity index is 1.91. The van der Waals surface area contributed by atoms with E-state index in [-0.39, 0.29) is 0 Å². The Morgan fingerprint density at radius 2 is 1.89 bits per heavy atom. The van der Waals surface area contributed by atoms with E-state index >= 15 is 0 Å². The highest BCUT2D eigenvalue weighted by molar-refractivity contribution is 9.10. The van der Waals surface area contributed by atoms with E-state index in [1.54, 1.807) is 12.1 Å². The minimum absolute atomic E-state index is 0.395. The Morgan fingerprint density at radius 3 is 2.58 bits per heavy atom. The minimum Gasteiger partial charge on any atom is -0.493 e. The molecule has 1 unspecified atom stereocenters. The smallest absolute Gasteiger partial charge is 0.119 e. The number of ether oxygens (including phenoxy) is 1. The summed E-state index contributed by atoms with van der Waals surface area (Å²) >= 11 is 3.32. The second kappa shape index (κ2) is 6.73. The quantitative estimate of drug-likeness (QED) is 0.851. The summed E-state index contributed by atoms with van der Waals surface area (Å²) in [6.45, 7) is 0.395. The van der Waals surface area contributed by atoms with Gasteiger partial charge < -0.3 is 10.5 Å². The second-order valence-corrected chi connectivity index (χ2v) is 6.35. The maximum atomic E-state index is 12.1. The molecule has 0 aliphatic carbocycles. The van der Waals surface area contributed by atoms with Crippen molar-refractivity contribution in [2.24, 2.45) is 0 Å². The number of anilines is 1. The Labute approximate surface area is 123 Å².